The van der Waals surface area contributed by atoms with E-state index in [-0.39, 0.29) is 18.7 Å². The number of rotatable bonds is 8. The largest absolute Gasteiger partial charge is 0.493 e. The second kappa shape index (κ2) is 9.02. The number of carbonyl (C=O) groups is 2. The zero-order valence-corrected chi connectivity index (χ0v) is 14.0. The molecule has 0 fully saturated rings. The highest BCUT2D eigenvalue weighted by Gasteiger charge is 2.07. The van der Waals surface area contributed by atoms with Gasteiger partial charge in [0, 0.05) is 12.3 Å². The van der Waals surface area contributed by atoms with Crippen molar-refractivity contribution in [3.8, 4) is 11.5 Å². The van der Waals surface area contributed by atoms with E-state index in [1.54, 1.807) is 30.3 Å². The van der Waals surface area contributed by atoms with E-state index >= 15 is 0 Å². The quantitative estimate of drug-likeness (QED) is 0.502. The predicted octanol–water partition coefficient (Wildman–Crippen LogP) is -0.129. The summed E-state index contributed by atoms with van der Waals surface area (Å²) in [6, 6.07) is 9.49. The summed E-state index contributed by atoms with van der Waals surface area (Å²) in [5, 5.41) is 3.84. The molecule has 1 heterocycles. The molecule has 1 aromatic heterocycles. The summed E-state index contributed by atoms with van der Waals surface area (Å²) in [5.41, 5.74) is 7.72. The van der Waals surface area contributed by atoms with Crippen molar-refractivity contribution in [2.24, 2.45) is 10.8 Å². The number of benzene rings is 1. The van der Waals surface area contributed by atoms with E-state index in [0.717, 1.165) is 0 Å². The van der Waals surface area contributed by atoms with Crippen LogP contribution in [0.2, 0.25) is 0 Å². The number of nitrogens with two attached hydrogens (primary N) is 1. The topological polar surface area (TPSA) is 125 Å². The number of amides is 2. The predicted molar refractivity (Wildman–Crippen MR) is 94.1 cm³/mol. The lowest BCUT2D eigenvalue weighted by molar-refractivity contribution is -0.122. The van der Waals surface area contributed by atoms with Gasteiger partial charge < -0.3 is 19.8 Å². The fourth-order valence-electron chi connectivity index (χ4n) is 1.99. The third kappa shape index (κ3) is 5.48. The molecule has 0 unspecified atom stereocenters. The number of carbonyl (C=O) groups excluding carboxylic acids is 2. The Hall–Kier alpha value is -3.62. The lowest BCUT2D eigenvalue weighted by Gasteiger charge is -2.09. The Bertz CT molecular complexity index is 875. The second-order valence-corrected chi connectivity index (χ2v) is 5.13. The minimum atomic E-state index is -0.599. The molecule has 9 heteroatoms. The van der Waals surface area contributed by atoms with Crippen LogP contribution in [-0.4, -0.2) is 36.3 Å². The van der Waals surface area contributed by atoms with Crippen molar-refractivity contribution in [2.45, 2.75) is 6.54 Å². The van der Waals surface area contributed by atoms with E-state index in [0.29, 0.717) is 17.1 Å². The summed E-state index contributed by atoms with van der Waals surface area (Å²) in [4.78, 5) is 34.1. The number of pyridine rings is 1. The van der Waals surface area contributed by atoms with Crippen LogP contribution in [0.15, 0.2) is 52.5 Å². The summed E-state index contributed by atoms with van der Waals surface area (Å²) < 4.78 is 11.7. The maximum Gasteiger partial charge on any atom is 0.260 e. The van der Waals surface area contributed by atoms with Crippen molar-refractivity contribution in [3.63, 3.8) is 0 Å². The number of ether oxygens (including phenoxy) is 2. The highest BCUT2D eigenvalue weighted by atomic mass is 16.5. The van der Waals surface area contributed by atoms with Crippen LogP contribution >= 0.6 is 0 Å². The Morgan fingerprint density at radius 3 is 2.77 bits per heavy atom. The van der Waals surface area contributed by atoms with Gasteiger partial charge in [-0.15, -0.1) is 0 Å². The first-order chi connectivity index (χ1) is 12.5. The lowest BCUT2D eigenvalue weighted by Crippen LogP contribution is -2.28. The molecule has 0 radical (unpaired) electrons. The zero-order valence-electron chi connectivity index (χ0n) is 14.0. The van der Waals surface area contributed by atoms with Gasteiger partial charge in [0.25, 0.3) is 17.4 Å². The average molecular weight is 358 g/mol. The van der Waals surface area contributed by atoms with Crippen molar-refractivity contribution in [2.75, 3.05) is 13.7 Å². The molecule has 0 aliphatic rings. The van der Waals surface area contributed by atoms with Crippen molar-refractivity contribution in [1.29, 1.82) is 0 Å². The number of hydrogen-bond donors (Lipinski definition) is 2. The van der Waals surface area contributed by atoms with E-state index < -0.39 is 11.8 Å². The first kappa shape index (κ1) is 18.7. The smallest absolute Gasteiger partial charge is 0.260 e. The number of methoxy groups -OCH3 is 1. The molecule has 26 heavy (non-hydrogen) atoms. The molecule has 0 spiro atoms. The SMILES string of the molecule is COc1cc(/C=N\NC(=O)Cn2ccccc2=O)ccc1OCC(N)=O. The summed E-state index contributed by atoms with van der Waals surface area (Å²) in [6.45, 7) is -0.404. The average Bonchev–Trinajstić information content (AvgIpc) is 2.62. The monoisotopic (exact) mass is 358 g/mol. The van der Waals surface area contributed by atoms with Crippen LogP contribution in [0.25, 0.3) is 0 Å². The Labute approximate surface area is 149 Å². The van der Waals surface area contributed by atoms with Crippen LogP contribution in [0.3, 0.4) is 0 Å². The van der Waals surface area contributed by atoms with Crippen molar-refractivity contribution in [3.05, 3.63) is 58.5 Å². The highest BCUT2D eigenvalue weighted by Crippen LogP contribution is 2.27. The summed E-state index contributed by atoms with van der Waals surface area (Å²) in [7, 11) is 1.45. The van der Waals surface area contributed by atoms with Gasteiger partial charge in [-0.25, -0.2) is 5.43 Å². The summed E-state index contributed by atoms with van der Waals surface area (Å²) in [5.74, 6) is -0.297. The van der Waals surface area contributed by atoms with Crippen molar-refractivity contribution >= 4 is 18.0 Å². The number of hydrogen-bond acceptors (Lipinski definition) is 6. The first-order valence-electron chi connectivity index (χ1n) is 7.56. The fourth-order valence-corrected chi connectivity index (χ4v) is 1.99. The second-order valence-electron chi connectivity index (χ2n) is 5.13. The molecule has 0 saturated heterocycles. The standard InChI is InChI=1S/C17H18N4O5/c1-25-14-8-12(5-6-13(14)26-11-15(18)22)9-19-20-16(23)10-21-7-3-2-4-17(21)24/h2-9H,10-11H2,1H3,(H2,18,22)(H,20,23)/b19-9-. The number of nitrogens with zero attached hydrogens (tertiary/aromatic N) is 2. The van der Waals surface area contributed by atoms with Crippen molar-refractivity contribution in [1.82, 2.24) is 9.99 Å². The van der Waals surface area contributed by atoms with Crippen molar-refractivity contribution < 1.29 is 19.1 Å². The van der Waals surface area contributed by atoms with Gasteiger partial charge in [-0.3, -0.25) is 14.4 Å². The molecule has 2 aromatic rings. The van der Waals surface area contributed by atoms with E-state index in [1.807, 2.05) is 0 Å². The third-order valence-electron chi connectivity index (χ3n) is 3.17. The van der Waals surface area contributed by atoms with Gasteiger partial charge in [-0.1, -0.05) is 6.07 Å². The van der Waals surface area contributed by atoms with Gasteiger partial charge in [0.1, 0.15) is 6.54 Å². The molecule has 136 valence electrons. The minimum Gasteiger partial charge on any atom is -0.493 e. The maximum atomic E-state index is 11.8. The van der Waals surface area contributed by atoms with Crippen LogP contribution in [0.1, 0.15) is 5.56 Å². The van der Waals surface area contributed by atoms with Crippen LogP contribution in [0.5, 0.6) is 11.5 Å². The first-order valence-corrected chi connectivity index (χ1v) is 7.56. The molecule has 0 aliphatic carbocycles. The molecule has 3 N–H and O–H groups in total. The molecule has 0 atom stereocenters. The third-order valence-corrected chi connectivity index (χ3v) is 3.17. The van der Waals surface area contributed by atoms with E-state index in [9.17, 15) is 14.4 Å². The zero-order chi connectivity index (χ0) is 18.9. The number of nitrogens with one attached hydrogen (secondary N) is 1. The van der Waals surface area contributed by atoms with Gasteiger partial charge in [0.05, 0.1) is 13.3 Å². The minimum absolute atomic E-state index is 0.139. The Morgan fingerprint density at radius 2 is 2.08 bits per heavy atom. The molecule has 2 rings (SSSR count). The highest BCUT2D eigenvalue weighted by molar-refractivity contribution is 5.83. The van der Waals surface area contributed by atoms with Crippen LogP contribution < -0.4 is 26.2 Å². The van der Waals surface area contributed by atoms with Gasteiger partial charge in [0.15, 0.2) is 18.1 Å². The number of aromatic nitrogens is 1. The Morgan fingerprint density at radius 1 is 1.27 bits per heavy atom. The van der Waals surface area contributed by atoms with Gasteiger partial charge in [0.2, 0.25) is 0 Å². The number of primary amides is 1. The molecular formula is C17H18N4O5. The molecule has 0 bridgehead atoms. The van der Waals surface area contributed by atoms with Gasteiger partial charge >= 0.3 is 0 Å². The van der Waals surface area contributed by atoms with Crippen LogP contribution in [0.4, 0.5) is 0 Å². The van der Waals surface area contributed by atoms with Crippen LogP contribution in [-0.2, 0) is 16.1 Å². The number of hydrazone groups is 1. The van der Waals surface area contributed by atoms with E-state index in [1.165, 1.54) is 30.2 Å². The Kier molecular flexibility index (Phi) is 6.49. The summed E-state index contributed by atoms with van der Waals surface area (Å²) in [6.07, 6.45) is 2.92. The normalized spacial score (nSPS) is 10.5. The maximum absolute atomic E-state index is 11.8. The lowest BCUT2D eigenvalue weighted by atomic mass is 10.2. The molecule has 2 amide bonds. The molecule has 1 aromatic carbocycles. The molecule has 9 nitrogen and oxygen atoms in total. The van der Waals surface area contributed by atoms with E-state index in [4.69, 9.17) is 15.2 Å². The fraction of sp³-hybridized carbons (Fsp3) is 0.176. The Balaban J connectivity index is 1.97. The molecule has 0 saturated carbocycles. The summed E-state index contributed by atoms with van der Waals surface area (Å²) >= 11 is 0. The van der Waals surface area contributed by atoms with Gasteiger partial charge in [-0.2, -0.15) is 5.10 Å². The molecule has 0 aliphatic heterocycles. The molecular weight excluding hydrogens is 340 g/mol. The van der Waals surface area contributed by atoms with E-state index in [2.05, 4.69) is 10.5 Å². The van der Waals surface area contributed by atoms with Crippen LogP contribution in [0, 0.1) is 0 Å². The van der Waals surface area contributed by atoms with Gasteiger partial charge in [-0.05, 0) is 29.8 Å².